The van der Waals surface area contributed by atoms with Crippen molar-refractivity contribution in [3.8, 4) is 0 Å². The molecule has 0 aliphatic carbocycles. The summed E-state index contributed by atoms with van der Waals surface area (Å²) in [6, 6.07) is 6.52. The van der Waals surface area contributed by atoms with E-state index >= 15 is 0 Å². The van der Waals surface area contributed by atoms with Crippen LogP contribution in [-0.2, 0) is 13.1 Å². The molecule has 118 valence electrons. The molecule has 0 aliphatic heterocycles. The van der Waals surface area contributed by atoms with Crippen LogP contribution in [0.5, 0.6) is 0 Å². The topological polar surface area (TPSA) is 71.2 Å². The van der Waals surface area contributed by atoms with Crippen LogP contribution in [0.25, 0.3) is 0 Å². The van der Waals surface area contributed by atoms with Gasteiger partial charge in [-0.05, 0) is 32.0 Å². The van der Waals surface area contributed by atoms with Gasteiger partial charge in [0.15, 0.2) is 0 Å². The fraction of sp³-hybridized carbons (Fsp3) is 0.438. The Morgan fingerprint density at radius 3 is 2.36 bits per heavy atom. The molecule has 22 heavy (non-hydrogen) atoms. The highest BCUT2D eigenvalue weighted by Gasteiger charge is 2.10. The van der Waals surface area contributed by atoms with E-state index in [0.717, 1.165) is 6.54 Å². The summed E-state index contributed by atoms with van der Waals surface area (Å²) in [6.07, 6.45) is 0. The highest BCUT2D eigenvalue weighted by Crippen LogP contribution is 2.14. The number of nitrogens with two attached hydrogens (primary N) is 1. The Morgan fingerprint density at radius 1 is 1.00 bits per heavy atom. The monoisotopic (exact) mass is 300 g/mol. The standard InChI is InChI=1S/C16H24N6/c1-11-6-7-13(12(2)8-11)9-22(5)10-14-18-15(17)20-16(19-14)21(3)4/h6-8H,9-10H2,1-5H3,(H2,17,18,19,20). The van der Waals surface area contributed by atoms with Gasteiger partial charge in [0.1, 0.15) is 5.82 Å². The average Bonchev–Trinajstić information content (AvgIpc) is 2.41. The summed E-state index contributed by atoms with van der Waals surface area (Å²) >= 11 is 0. The molecule has 1 aromatic carbocycles. The van der Waals surface area contributed by atoms with Crippen molar-refractivity contribution >= 4 is 11.9 Å². The minimum absolute atomic E-state index is 0.258. The number of hydrogen-bond acceptors (Lipinski definition) is 6. The predicted octanol–water partition coefficient (Wildman–Crippen LogP) is 1.77. The van der Waals surface area contributed by atoms with Crippen LogP contribution in [0, 0.1) is 13.8 Å². The van der Waals surface area contributed by atoms with Crippen molar-refractivity contribution in [2.45, 2.75) is 26.9 Å². The highest BCUT2D eigenvalue weighted by molar-refractivity contribution is 5.33. The molecule has 2 rings (SSSR count). The molecule has 2 aromatic rings. The first kappa shape index (κ1) is 16.2. The molecule has 0 aliphatic rings. The van der Waals surface area contributed by atoms with Crippen LogP contribution in [0.1, 0.15) is 22.5 Å². The molecule has 0 radical (unpaired) electrons. The lowest BCUT2D eigenvalue weighted by Crippen LogP contribution is -2.22. The van der Waals surface area contributed by atoms with Crippen molar-refractivity contribution in [1.82, 2.24) is 19.9 Å². The first-order chi connectivity index (χ1) is 10.3. The van der Waals surface area contributed by atoms with E-state index in [1.165, 1.54) is 16.7 Å². The van der Waals surface area contributed by atoms with Gasteiger partial charge in [0.2, 0.25) is 11.9 Å². The van der Waals surface area contributed by atoms with Gasteiger partial charge in [-0.15, -0.1) is 0 Å². The predicted molar refractivity (Wildman–Crippen MR) is 89.7 cm³/mol. The second kappa shape index (κ2) is 6.70. The lowest BCUT2D eigenvalue weighted by Gasteiger charge is -2.18. The summed E-state index contributed by atoms with van der Waals surface area (Å²) in [4.78, 5) is 16.8. The molecule has 0 unspecified atom stereocenters. The number of hydrogen-bond donors (Lipinski definition) is 1. The first-order valence-corrected chi connectivity index (χ1v) is 7.27. The van der Waals surface area contributed by atoms with Crippen LogP contribution in [0.4, 0.5) is 11.9 Å². The van der Waals surface area contributed by atoms with Crippen molar-refractivity contribution in [1.29, 1.82) is 0 Å². The third kappa shape index (κ3) is 4.14. The van der Waals surface area contributed by atoms with Gasteiger partial charge in [0.05, 0.1) is 6.54 Å². The van der Waals surface area contributed by atoms with Gasteiger partial charge in [0.25, 0.3) is 0 Å². The minimum atomic E-state index is 0.258. The number of rotatable bonds is 5. The molecule has 0 saturated carbocycles. The minimum Gasteiger partial charge on any atom is -0.368 e. The zero-order valence-corrected chi connectivity index (χ0v) is 14.0. The van der Waals surface area contributed by atoms with Gasteiger partial charge >= 0.3 is 0 Å². The van der Waals surface area contributed by atoms with Crippen molar-refractivity contribution in [2.24, 2.45) is 0 Å². The number of aryl methyl sites for hydroxylation is 2. The van der Waals surface area contributed by atoms with Crippen molar-refractivity contribution in [2.75, 3.05) is 31.8 Å². The number of aromatic nitrogens is 3. The van der Waals surface area contributed by atoms with Crippen LogP contribution in [0.2, 0.25) is 0 Å². The van der Waals surface area contributed by atoms with Crippen LogP contribution in [0.3, 0.4) is 0 Å². The summed E-state index contributed by atoms with van der Waals surface area (Å²) in [6.45, 7) is 5.72. The van der Waals surface area contributed by atoms with E-state index in [-0.39, 0.29) is 5.95 Å². The maximum Gasteiger partial charge on any atom is 0.229 e. The maximum atomic E-state index is 5.76. The second-order valence-corrected chi connectivity index (χ2v) is 5.91. The van der Waals surface area contributed by atoms with Crippen LogP contribution in [0.15, 0.2) is 18.2 Å². The first-order valence-electron chi connectivity index (χ1n) is 7.27. The van der Waals surface area contributed by atoms with Gasteiger partial charge in [-0.3, -0.25) is 4.90 Å². The van der Waals surface area contributed by atoms with E-state index in [2.05, 4.69) is 58.9 Å². The van der Waals surface area contributed by atoms with Crippen molar-refractivity contribution < 1.29 is 0 Å². The molecule has 0 amide bonds. The summed E-state index contributed by atoms with van der Waals surface area (Å²) < 4.78 is 0. The Labute approximate surface area is 132 Å². The van der Waals surface area contributed by atoms with Gasteiger partial charge in [-0.2, -0.15) is 15.0 Å². The van der Waals surface area contributed by atoms with Crippen molar-refractivity contribution in [3.63, 3.8) is 0 Å². The molecule has 2 N–H and O–H groups in total. The quantitative estimate of drug-likeness (QED) is 0.907. The van der Waals surface area contributed by atoms with Gasteiger partial charge < -0.3 is 10.6 Å². The Kier molecular flexibility index (Phi) is 4.92. The summed E-state index contributed by atoms with van der Waals surface area (Å²) in [5.74, 6) is 1.53. The van der Waals surface area contributed by atoms with Crippen LogP contribution in [-0.4, -0.2) is 41.0 Å². The molecule has 0 atom stereocenters. The average molecular weight is 300 g/mol. The molecule has 1 heterocycles. The van der Waals surface area contributed by atoms with Gasteiger partial charge in [-0.1, -0.05) is 23.8 Å². The summed E-state index contributed by atoms with van der Waals surface area (Å²) in [5, 5.41) is 0. The summed E-state index contributed by atoms with van der Waals surface area (Å²) in [7, 11) is 5.82. The molecule has 6 heteroatoms. The highest BCUT2D eigenvalue weighted by atomic mass is 15.3. The van der Waals surface area contributed by atoms with Gasteiger partial charge in [0, 0.05) is 20.6 Å². The normalized spacial score (nSPS) is 11.0. The fourth-order valence-electron chi connectivity index (χ4n) is 2.31. The second-order valence-electron chi connectivity index (χ2n) is 5.91. The zero-order valence-electron chi connectivity index (χ0n) is 14.0. The van der Waals surface area contributed by atoms with Crippen LogP contribution < -0.4 is 10.6 Å². The Morgan fingerprint density at radius 2 is 1.73 bits per heavy atom. The Hall–Kier alpha value is -2.21. The van der Waals surface area contributed by atoms with E-state index in [4.69, 9.17) is 5.73 Å². The third-order valence-electron chi connectivity index (χ3n) is 3.44. The fourth-order valence-corrected chi connectivity index (χ4v) is 2.31. The number of benzene rings is 1. The maximum absolute atomic E-state index is 5.76. The molecule has 6 nitrogen and oxygen atoms in total. The largest absolute Gasteiger partial charge is 0.368 e. The zero-order chi connectivity index (χ0) is 16.3. The molecule has 0 saturated heterocycles. The molecule has 1 aromatic heterocycles. The third-order valence-corrected chi connectivity index (χ3v) is 3.44. The number of anilines is 2. The van der Waals surface area contributed by atoms with E-state index in [9.17, 15) is 0 Å². The summed E-state index contributed by atoms with van der Waals surface area (Å²) in [5.41, 5.74) is 9.65. The number of nitrogen functional groups attached to an aromatic ring is 1. The Bertz CT molecular complexity index is 653. The molecule has 0 bridgehead atoms. The molecular formula is C16H24N6. The lowest BCUT2D eigenvalue weighted by atomic mass is 10.1. The Balaban J connectivity index is 2.10. The van der Waals surface area contributed by atoms with Crippen molar-refractivity contribution in [3.05, 3.63) is 40.7 Å². The number of nitrogens with zero attached hydrogens (tertiary/aromatic N) is 5. The van der Waals surface area contributed by atoms with E-state index in [0.29, 0.717) is 18.3 Å². The molecule has 0 spiro atoms. The lowest BCUT2D eigenvalue weighted by molar-refractivity contribution is 0.310. The van der Waals surface area contributed by atoms with Gasteiger partial charge in [-0.25, -0.2) is 0 Å². The molecular weight excluding hydrogens is 276 g/mol. The van der Waals surface area contributed by atoms with E-state index in [1.54, 1.807) is 0 Å². The smallest absolute Gasteiger partial charge is 0.229 e. The van der Waals surface area contributed by atoms with E-state index in [1.807, 2.05) is 19.0 Å². The molecule has 0 fully saturated rings. The SMILES string of the molecule is Cc1ccc(CN(C)Cc2nc(N)nc(N(C)C)n2)c(C)c1. The van der Waals surface area contributed by atoms with E-state index < -0.39 is 0 Å². The van der Waals surface area contributed by atoms with Crippen LogP contribution >= 0.6 is 0 Å².